The lowest BCUT2D eigenvalue weighted by Crippen LogP contribution is -2.46. The molecule has 0 amide bonds. The number of carbonyl (C=O) groups excluding carboxylic acids is 6. The van der Waals surface area contributed by atoms with Crippen molar-refractivity contribution in [3.63, 3.8) is 0 Å². The van der Waals surface area contributed by atoms with E-state index in [9.17, 15) is 33.9 Å². The van der Waals surface area contributed by atoms with Crippen LogP contribution >= 0.6 is 0 Å². The van der Waals surface area contributed by atoms with Gasteiger partial charge in [-0.1, -0.05) is 97.8 Å². The standard InChI is InChI=1S/C30H50O10/c1-4-7-10-13-16-19-24(31)38-27(34)22-30(37,29(36)40-26(33)21-18-15-12-9-6-3)23-28(35)39-25(32)20-17-14-11-8-5-2/h37H,4-23H2,1-3H3. The average molecular weight is 571 g/mol. The Bertz CT molecular complexity index is 747. The Labute approximate surface area is 238 Å². The summed E-state index contributed by atoms with van der Waals surface area (Å²) >= 11 is 0. The molecule has 230 valence electrons. The molecular formula is C30H50O10. The van der Waals surface area contributed by atoms with E-state index in [2.05, 4.69) is 13.8 Å². The van der Waals surface area contributed by atoms with Gasteiger partial charge < -0.3 is 19.3 Å². The van der Waals surface area contributed by atoms with Crippen molar-refractivity contribution in [2.24, 2.45) is 0 Å². The van der Waals surface area contributed by atoms with Gasteiger partial charge in [0.15, 0.2) is 5.60 Å². The number of esters is 6. The zero-order chi connectivity index (χ0) is 30.2. The van der Waals surface area contributed by atoms with Gasteiger partial charge >= 0.3 is 35.8 Å². The van der Waals surface area contributed by atoms with Gasteiger partial charge in [-0.25, -0.2) is 4.79 Å². The van der Waals surface area contributed by atoms with Gasteiger partial charge in [0.2, 0.25) is 0 Å². The van der Waals surface area contributed by atoms with Crippen LogP contribution in [0.1, 0.15) is 149 Å². The first-order valence-electron chi connectivity index (χ1n) is 15.0. The first-order valence-corrected chi connectivity index (χ1v) is 15.0. The Morgan fingerprint density at radius 2 is 0.750 bits per heavy atom. The molecule has 0 spiro atoms. The summed E-state index contributed by atoms with van der Waals surface area (Å²) in [5.74, 6) is -6.66. The van der Waals surface area contributed by atoms with Crippen molar-refractivity contribution < 1.29 is 48.1 Å². The van der Waals surface area contributed by atoms with Gasteiger partial charge in [0.05, 0.1) is 12.8 Å². The molecule has 0 aliphatic rings. The lowest BCUT2D eigenvalue weighted by molar-refractivity contribution is -0.184. The quantitative estimate of drug-likeness (QED) is 0.0692. The highest BCUT2D eigenvalue weighted by Gasteiger charge is 2.45. The second-order valence-electron chi connectivity index (χ2n) is 10.3. The molecule has 0 radical (unpaired) electrons. The SMILES string of the molecule is CCCCCCCC(=O)OC(=O)CC(O)(CC(=O)OC(=O)CCCCCCC)C(=O)OC(=O)CCCCCCC. The summed E-state index contributed by atoms with van der Waals surface area (Å²) in [6.45, 7) is 6.16. The van der Waals surface area contributed by atoms with Crippen LogP contribution in [0.25, 0.3) is 0 Å². The van der Waals surface area contributed by atoms with Crippen LogP contribution in [0.3, 0.4) is 0 Å². The molecular weight excluding hydrogens is 520 g/mol. The third kappa shape index (κ3) is 19.4. The molecule has 0 aromatic heterocycles. The predicted octanol–water partition coefficient (Wildman–Crippen LogP) is 5.79. The molecule has 1 N–H and O–H groups in total. The van der Waals surface area contributed by atoms with Crippen LogP contribution in [0, 0.1) is 0 Å². The first-order chi connectivity index (χ1) is 19.1. The maximum Gasteiger partial charge on any atom is 0.346 e. The Hall–Kier alpha value is -2.62. The molecule has 0 fully saturated rings. The molecule has 0 rings (SSSR count). The van der Waals surface area contributed by atoms with Gasteiger partial charge in [-0.3, -0.25) is 24.0 Å². The minimum Gasteiger partial charge on any atom is -0.393 e. The summed E-state index contributed by atoms with van der Waals surface area (Å²) < 4.78 is 14.1. The molecule has 0 aliphatic carbocycles. The van der Waals surface area contributed by atoms with E-state index in [0.717, 1.165) is 77.0 Å². The van der Waals surface area contributed by atoms with E-state index in [0.29, 0.717) is 19.3 Å². The van der Waals surface area contributed by atoms with Gasteiger partial charge in [0.25, 0.3) is 0 Å². The molecule has 0 bridgehead atoms. The summed E-state index contributed by atoms with van der Waals surface area (Å²) in [5.41, 5.74) is -2.85. The molecule has 0 aromatic rings. The third-order valence-corrected chi connectivity index (χ3v) is 6.37. The summed E-state index contributed by atoms with van der Waals surface area (Å²) in [5, 5.41) is 10.9. The van der Waals surface area contributed by atoms with Crippen molar-refractivity contribution in [3.05, 3.63) is 0 Å². The van der Waals surface area contributed by atoms with E-state index >= 15 is 0 Å². The summed E-state index contributed by atoms with van der Waals surface area (Å²) in [6, 6.07) is 0. The lowest BCUT2D eigenvalue weighted by atomic mass is 9.95. The summed E-state index contributed by atoms with van der Waals surface area (Å²) in [6.07, 6.45) is 10.4. The molecule has 0 saturated carbocycles. The average Bonchev–Trinajstić information content (AvgIpc) is 2.87. The normalized spacial score (nSPS) is 11.1. The molecule has 40 heavy (non-hydrogen) atoms. The van der Waals surface area contributed by atoms with E-state index in [1.165, 1.54) is 0 Å². The van der Waals surface area contributed by atoms with E-state index in [-0.39, 0.29) is 19.3 Å². The molecule has 10 heteroatoms. The van der Waals surface area contributed by atoms with Gasteiger partial charge in [-0.05, 0) is 19.3 Å². The molecule has 0 saturated heterocycles. The monoisotopic (exact) mass is 570 g/mol. The molecule has 0 unspecified atom stereocenters. The molecule has 0 aliphatic heterocycles. The highest BCUT2D eigenvalue weighted by Crippen LogP contribution is 2.21. The van der Waals surface area contributed by atoms with E-state index < -0.39 is 54.3 Å². The minimum absolute atomic E-state index is 0.0242. The third-order valence-electron chi connectivity index (χ3n) is 6.37. The molecule has 0 heterocycles. The molecule has 0 aromatic carbocycles. The number of ether oxygens (including phenoxy) is 3. The van der Waals surface area contributed by atoms with Crippen LogP contribution in [0.2, 0.25) is 0 Å². The highest BCUT2D eigenvalue weighted by molar-refractivity contribution is 5.98. The number of unbranched alkanes of at least 4 members (excludes halogenated alkanes) is 12. The van der Waals surface area contributed by atoms with Crippen molar-refractivity contribution in [2.75, 3.05) is 0 Å². The Morgan fingerprint density at radius 3 is 1.07 bits per heavy atom. The lowest BCUT2D eigenvalue weighted by Gasteiger charge is -2.23. The number of aliphatic hydroxyl groups is 1. The van der Waals surface area contributed by atoms with Gasteiger partial charge in [-0.2, -0.15) is 0 Å². The fourth-order valence-corrected chi connectivity index (χ4v) is 3.98. The molecule has 0 atom stereocenters. The largest absolute Gasteiger partial charge is 0.393 e. The topological polar surface area (TPSA) is 150 Å². The zero-order valence-corrected chi connectivity index (χ0v) is 24.8. The van der Waals surface area contributed by atoms with E-state index in [1.807, 2.05) is 6.92 Å². The second-order valence-corrected chi connectivity index (χ2v) is 10.3. The van der Waals surface area contributed by atoms with Crippen molar-refractivity contribution in [1.29, 1.82) is 0 Å². The number of hydrogen-bond acceptors (Lipinski definition) is 10. The maximum absolute atomic E-state index is 12.7. The van der Waals surface area contributed by atoms with Crippen LogP contribution in [0.4, 0.5) is 0 Å². The Kier molecular flexibility index (Phi) is 21.6. The summed E-state index contributed by atoms with van der Waals surface area (Å²) in [4.78, 5) is 73.7. The molecule has 10 nitrogen and oxygen atoms in total. The van der Waals surface area contributed by atoms with Crippen LogP contribution in [-0.2, 0) is 43.0 Å². The van der Waals surface area contributed by atoms with Crippen LogP contribution < -0.4 is 0 Å². The van der Waals surface area contributed by atoms with E-state index in [4.69, 9.17) is 14.2 Å². The summed E-state index contributed by atoms with van der Waals surface area (Å²) in [7, 11) is 0. The highest BCUT2D eigenvalue weighted by atomic mass is 16.6. The van der Waals surface area contributed by atoms with Crippen LogP contribution in [0.15, 0.2) is 0 Å². The minimum atomic E-state index is -2.85. The number of carbonyl (C=O) groups is 6. The maximum atomic E-state index is 12.7. The smallest absolute Gasteiger partial charge is 0.346 e. The predicted molar refractivity (Wildman–Crippen MR) is 148 cm³/mol. The second kappa shape index (κ2) is 23.1. The van der Waals surface area contributed by atoms with Crippen molar-refractivity contribution in [1.82, 2.24) is 0 Å². The zero-order valence-electron chi connectivity index (χ0n) is 24.8. The first kappa shape index (κ1) is 37.4. The van der Waals surface area contributed by atoms with Gasteiger partial charge in [0, 0.05) is 19.3 Å². The Morgan fingerprint density at radius 1 is 0.450 bits per heavy atom. The fraction of sp³-hybridized carbons (Fsp3) is 0.800. The number of rotatable bonds is 23. The van der Waals surface area contributed by atoms with Gasteiger partial charge in [-0.15, -0.1) is 0 Å². The van der Waals surface area contributed by atoms with Crippen LogP contribution in [-0.4, -0.2) is 46.5 Å². The Balaban J connectivity index is 5.12. The fourth-order valence-electron chi connectivity index (χ4n) is 3.98. The van der Waals surface area contributed by atoms with E-state index in [1.54, 1.807) is 0 Å². The number of hydrogen-bond donors (Lipinski definition) is 1. The van der Waals surface area contributed by atoms with Crippen LogP contribution in [0.5, 0.6) is 0 Å². The van der Waals surface area contributed by atoms with Crippen molar-refractivity contribution in [3.8, 4) is 0 Å². The van der Waals surface area contributed by atoms with Crippen molar-refractivity contribution >= 4 is 35.8 Å². The van der Waals surface area contributed by atoms with Gasteiger partial charge in [0.1, 0.15) is 0 Å². The van der Waals surface area contributed by atoms with Crippen molar-refractivity contribution in [2.45, 2.75) is 155 Å².